The van der Waals surface area contributed by atoms with Gasteiger partial charge in [-0.2, -0.15) is 0 Å². The molecule has 1 N–H and O–H groups in total. The lowest BCUT2D eigenvalue weighted by Gasteiger charge is -2.09. The fourth-order valence-electron chi connectivity index (χ4n) is 3.01. The van der Waals surface area contributed by atoms with Crippen LogP contribution in [0.1, 0.15) is 35.7 Å². The Bertz CT molecular complexity index is 1120. The van der Waals surface area contributed by atoms with E-state index in [1.165, 1.54) is 5.56 Å². The van der Waals surface area contributed by atoms with Crippen LogP contribution < -0.4 is 5.32 Å². The quantitative estimate of drug-likeness (QED) is 0.432. The Labute approximate surface area is 174 Å². The van der Waals surface area contributed by atoms with Gasteiger partial charge in [-0.05, 0) is 47.9 Å². The van der Waals surface area contributed by atoms with E-state index in [-0.39, 0.29) is 5.91 Å². The molecule has 0 spiro atoms. The fourth-order valence-corrected chi connectivity index (χ4v) is 3.83. The second-order valence-electron chi connectivity index (χ2n) is 7.09. The molecule has 0 aliphatic carbocycles. The predicted molar refractivity (Wildman–Crippen MR) is 119 cm³/mol. The molecule has 0 radical (unpaired) electrons. The summed E-state index contributed by atoms with van der Waals surface area (Å²) in [6.07, 6.45) is 3.56. The smallest absolute Gasteiger partial charge is 0.255 e. The van der Waals surface area contributed by atoms with E-state index >= 15 is 0 Å². The number of nitrogens with one attached hydrogen (secondary N) is 1. The Kier molecular flexibility index (Phi) is 5.49. The lowest BCUT2D eigenvalue weighted by atomic mass is 10.0. The molecule has 0 unspecified atom stereocenters. The lowest BCUT2D eigenvalue weighted by Crippen LogP contribution is -2.11. The van der Waals surface area contributed by atoms with Crippen LogP contribution in [0.2, 0.25) is 0 Å². The average Bonchev–Trinajstić information content (AvgIpc) is 3.25. The van der Waals surface area contributed by atoms with Crippen molar-refractivity contribution in [2.75, 3.05) is 5.32 Å². The van der Waals surface area contributed by atoms with Crippen LogP contribution in [0.15, 0.2) is 78.4 Å². The van der Waals surface area contributed by atoms with Crippen LogP contribution >= 0.6 is 11.3 Å². The molecular weight excluding hydrogens is 378 g/mol. The third-order valence-corrected chi connectivity index (χ3v) is 5.56. The maximum atomic E-state index is 12.6. The Morgan fingerprint density at radius 3 is 2.52 bits per heavy atom. The molecule has 1 amide bonds. The zero-order valence-corrected chi connectivity index (χ0v) is 17.1. The molecule has 0 aliphatic heterocycles. The van der Waals surface area contributed by atoms with Gasteiger partial charge in [0.1, 0.15) is 5.01 Å². The first-order valence-corrected chi connectivity index (χ1v) is 10.4. The largest absolute Gasteiger partial charge is 0.322 e. The van der Waals surface area contributed by atoms with Crippen molar-refractivity contribution in [3.8, 4) is 21.8 Å². The van der Waals surface area contributed by atoms with Gasteiger partial charge in [0.25, 0.3) is 5.91 Å². The third kappa shape index (κ3) is 4.41. The molecule has 4 nitrogen and oxygen atoms in total. The van der Waals surface area contributed by atoms with Gasteiger partial charge in [-0.1, -0.05) is 38.1 Å². The highest BCUT2D eigenvalue weighted by atomic mass is 32.1. The van der Waals surface area contributed by atoms with Gasteiger partial charge >= 0.3 is 0 Å². The van der Waals surface area contributed by atoms with Crippen LogP contribution in [0.25, 0.3) is 21.8 Å². The summed E-state index contributed by atoms with van der Waals surface area (Å²) in [7, 11) is 0. The van der Waals surface area contributed by atoms with Crippen LogP contribution in [0.3, 0.4) is 0 Å². The van der Waals surface area contributed by atoms with E-state index in [2.05, 4.69) is 24.1 Å². The number of anilines is 1. The monoisotopic (exact) mass is 399 g/mol. The van der Waals surface area contributed by atoms with E-state index < -0.39 is 0 Å². The molecule has 144 valence electrons. The molecule has 2 aromatic heterocycles. The lowest BCUT2D eigenvalue weighted by molar-refractivity contribution is 0.102. The first-order chi connectivity index (χ1) is 14.1. The minimum Gasteiger partial charge on any atom is -0.322 e. The molecule has 29 heavy (non-hydrogen) atoms. The minimum atomic E-state index is -0.119. The predicted octanol–water partition coefficient (Wildman–Crippen LogP) is 6.25. The number of aromatic nitrogens is 2. The average molecular weight is 400 g/mol. The summed E-state index contributed by atoms with van der Waals surface area (Å²) in [5, 5.41) is 5.93. The van der Waals surface area contributed by atoms with Crippen LogP contribution in [-0.2, 0) is 0 Å². The van der Waals surface area contributed by atoms with Crippen molar-refractivity contribution in [2.24, 2.45) is 0 Å². The molecule has 0 bridgehead atoms. The molecule has 5 heteroatoms. The van der Waals surface area contributed by atoms with Crippen LogP contribution in [0.4, 0.5) is 5.69 Å². The number of nitrogens with zero attached hydrogens (tertiary/aromatic N) is 2. The van der Waals surface area contributed by atoms with Gasteiger partial charge in [-0.3, -0.25) is 9.78 Å². The second kappa shape index (κ2) is 8.37. The molecule has 0 atom stereocenters. The SMILES string of the molecule is CC(C)c1ccc(C(=O)Nc2cccc(-c3csc(-c4cccnc4)n3)c2)cc1. The van der Waals surface area contributed by atoms with Gasteiger partial charge in [0.15, 0.2) is 0 Å². The molecule has 4 rings (SSSR count). The molecular formula is C24H21N3OS. The number of carbonyl (C=O) groups is 1. The number of amides is 1. The highest BCUT2D eigenvalue weighted by Gasteiger charge is 2.10. The van der Waals surface area contributed by atoms with Crippen molar-refractivity contribution in [1.29, 1.82) is 0 Å². The van der Waals surface area contributed by atoms with Gasteiger partial charge in [0.05, 0.1) is 5.69 Å². The van der Waals surface area contributed by atoms with Gasteiger partial charge in [0, 0.05) is 40.2 Å². The molecule has 0 saturated heterocycles. The third-order valence-electron chi connectivity index (χ3n) is 4.67. The number of hydrogen-bond donors (Lipinski definition) is 1. The molecule has 4 aromatic rings. The molecule has 2 heterocycles. The summed E-state index contributed by atoms with van der Waals surface area (Å²) in [5.74, 6) is 0.324. The normalized spacial score (nSPS) is 10.9. The Morgan fingerprint density at radius 2 is 1.79 bits per heavy atom. The Hall–Kier alpha value is -3.31. The van der Waals surface area contributed by atoms with E-state index in [0.717, 1.165) is 27.5 Å². The number of pyridine rings is 1. The number of carbonyl (C=O) groups excluding carboxylic acids is 1. The summed E-state index contributed by atoms with van der Waals surface area (Å²) in [6.45, 7) is 4.28. The van der Waals surface area contributed by atoms with E-state index in [0.29, 0.717) is 11.5 Å². The first-order valence-electron chi connectivity index (χ1n) is 9.48. The highest BCUT2D eigenvalue weighted by molar-refractivity contribution is 7.13. The van der Waals surface area contributed by atoms with Crippen molar-refractivity contribution in [1.82, 2.24) is 9.97 Å². The van der Waals surface area contributed by atoms with Gasteiger partial charge in [-0.25, -0.2) is 4.98 Å². The molecule has 0 saturated carbocycles. The van der Waals surface area contributed by atoms with Crippen molar-refractivity contribution in [2.45, 2.75) is 19.8 Å². The first kappa shape index (κ1) is 19.0. The van der Waals surface area contributed by atoms with Crippen LogP contribution in [0, 0.1) is 0 Å². The summed E-state index contributed by atoms with van der Waals surface area (Å²) < 4.78 is 0. The summed E-state index contributed by atoms with van der Waals surface area (Å²) in [6, 6.07) is 19.4. The topological polar surface area (TPSA) is 54.9 Å². The summed E-state index contributed by atoms with van der Waals surface area (Å²) in [5.41, 5.74) is 5.45. The van der Waals surface area contributed by atoms with Crippen molar-refractivity contribution >= 4 is 22.9 Å². The number of thiazole rings is 1. The van der Waals surface area contributed by atoms with Gasteiger partial charge in [0.2, 0.25) is 0 Å². The Morgan fingerprint density at radius 1 is 1.00 bits per heavy atom. The molecule has 0 aliphatic rings. The summed E-state index contributed by atoms with van der Waals surface area (Å²) in [4.78, 5) is 21.5. The number of hydrogen-bond acceptors (Lipinski definition) is 4. The van der Waals surface area contributed by atoms with Crippen LogP contribution in [0.5, 0.6) is 0 Å². The van der Waals surface area contributed by atoms with Crippen LogP contribution in [-0.4, -0.2) is 15.9 Å². The fraction of sp³-hybridized carbons (Fsp3) is 0.125. The van der Waals surface area contributed by atoms with Gasteiger partial charge in [-0.15, -0.1) is 11.3 Å². The standard InChI is InChI=1S/C24H21N3OS/c1-16(2)17-8-10-18(11-9-17)23(28)26-21-7-3-5-19(13-21)22-15-29-24(27-22)20-6-4-12-25-14-20/h3-16H,1-2H3,(H,26,28). The Balaban J connectivity index is 1.52. The second-order valence-corrected chi connectivity index (χ2v) is 7.95. The zero-order valence-electron chi connectivity index (χ0n) is 16.3. The summed E-state index contributed by atoms with van der Waals surface area (Å²) >= 11 is 1.58. The van der Waals surface area contributed by atoms with Crippen molar-refractivity contribution in [3.05, 3.63) is 89.6 Å². The van der Waals surface area contributed by atoms with E-state index in [1.807, 2.05) is 72.2 Å². The maximum Gasteiger partial charge on any atom is 0.255 e. The highest BCUT2D eigenvalue weighted by Crippen LogP contribution is 2.29. The molecule has 2 aromatic carbocycles. The van der Waals surface area contributed by atoms with Crippen molar-refractivity contribution in [3.63, 3.8) is 0 Å². The van der Waals surface area contributed by atoms with E-state index in [1.54, 1.807) is 17.5 Å². The van der Waals surface area contributed by atoms with E-state index in [9.17, 15) is 4.79 Å². The minimum absolute atomic E-state index is 0.119. The van der Waals surface area contributed by atoms with Gasteiger partial charge < -0.3 is 5.32 Å². The zero-order chi connectivity index (χ0) is 20.2. The number of benzene rings is 2. The van der Waals surface area contributed by atoms with E-state index in [4.69, 9.17) is 4.98 Å². The number of rotatable bonds is 5. The van der Waals surface area contributed by atoms with Crippen molar-refractivity contribution < 1.29 is 4.79 Å². The maximum absolute atomic E-state index is 12.6. The molecule has 0 fully saturated rings.